The summed E-state index contributed by atoms with van der Waals surface area (Å²) in [6, 6.07) is 17.7. The third-order valence-electron chi connectivity index (χ3n) is 4.07. The Morgan fingerprint density at radius 1 is 1.12 bits per heavy atom. The highest BCUT2D eigenvalue weighted by atomic mass is 16.5. The minimum absolute atomic E-state index is 0.0628. The molecule has 2 aromatic carbocycles. The predicted molar refractivity (Wildman–Crippen MR) is 96.6 cm³/mol. The van der Waals surface area contributed by atoms with Gasteiger partial charge < -0.3 is 14.6 Å². The molecule has 1 amide bonds. The van der Waals surface area contributed by atoms with Crippen LogP contribution in [0, 0.1) is 6.92 Å². The number of amides is 1. The molecular weight excluding hydrogens is 300 g/mol. The second kappa shape index (κ2) is 7.21. The quantitative estimate of drug-likeness (QED) is 0.750. The molecule has 1 aromatic heterocycles. The molecule has 0 saturated carbocycles. The molecule has 0 atom stereocenters. The van der Waals surface area contributed by atoms with Crippen LogP contribution in [0.4, 0.5) is 0 Å². The van der Waals surface area contributed by atoms with Crippen molar-refractivity contribution in [1.29, 1.82) is 0 Å². The Bertz CT molecular complexity index is 834. The van der Waals surface area contributed by atoms with Gasteiger partial charge in [0.05, 0.1) is 6.61 Å². The molecule has 0 aliphatic carbocycles. The highest BCUT2D eigenvalue weighted by Crippen LogP contribution is 2.18. The molecule has 0 aliphatic heterocycles. The highest BCUT2D eigenvalue weighted by Gasteiger charge is 2.07. The van der Waals surface area contributed by atoms with Crippen LogP contribution in [0.1, 0.15) is 23.0 Å². The number of benzene rings is 2. The number of carbonyl (C=O) groups excluding carboxylic acids is 1. The van der Waals surface area contributed by atoms with Crippen LogP contribution < -0.4 is 10.1 Å². The van der Waals surface area contributed by atoms with Gasteiger partial charge in [-0.2, -0.15) is 0 Å². The standard InChI is InChI=1S/C20H22N2O2/c1-3-24-18-10-8-16(9-11-18)20(23)21-12-13-22-15(2)14-17-6-4-5-7-19(17)22/h4-11,14H,3,12-13H2,1-2H3,(H,21,23). The van der Waals surface area contributed by atoms with Gasteiger partial charge in [0, 0.05) is 29.9 Å². The van der Waals surface area contributed by atoms with Crippen molar-refractivity contribution in [2.75, 3.05) is 13.2 Å². The van der Waals surface area contributed by atoms with Crippen LogP contribution in [-0.4, -0.2) is 23.6 Å². The average Bonchev–Trinajstić information content (AvgIpc) is 2.91. The Kier molecular flexibility index (Phi) is 4.85. The minimum atomic E-state index is -0.0628. The number of nitrogens with zero attached hydrogens (tertiary/aromatic N) is 1. The fraction of sp³-hybridized carbons (Fsp3) is 0.250. The van der Waals surface area contributed by atoms with Gasteiger partial charge in [0.1, 0.15) is 5.75 Å². The van der Waals surface area contributed by atoms with E-state index in [1.807, 2.05) is 31.2 Å². The van der Waals surface area contributed by atoms with Gasteiger partial charge in [-0.25, -0.2) is 0 Å². The summed E-state index contributed by atoms with van der Waals surface area (Å²) in [6.07, 6.45) is 0. The van der Waals surface area contributed by atoms with E-state index in [-0.39, 0.29) is 5.91 Å². The summed E-state index contributed by atoms with van der Waals surface area (Å²) in [5.74, 6) is 0.718. The summed E-state index contributed by atoms with van der Waals surface area (Å²) in [5.41, 5.74) is 3.05. The zero-order chi connectivity index (χ0) is 16.9. The van der Waals surface area contributed by atoms with Crippen LogP contribution in [0.15, 0.2) is 54.6 Å². The van der Waals surface area contributed by atoms with E-state index in [2.05, 4.69) is 35.0 Å². The molecule has 1 heterocycles. The highest BCUT2D eigenvalue weighted by molar-refractivity contribution is 5.94. The van der Waals surface area contributed by atoms with Crippen molar-refractivity contribution in [1.82, 2.24) is 9.88 Å². The number of para-hydroxylation sites is 1. The van der Waals surface area contributed by atoms with Crippen molar-refractivity contribution in [2.24, 2.45) is 0 Å². The second-order valence-corrected chi connectivity index (χ2v) is 5.71. The summed E-state index contributed by atoms with van der Waals surface area (Å²) >= 11 is 0. The van der Waals surface area contributed by atoms with Gasteiger partial charge >= 0.3 is 0 Å². The maximum atomic E-state index is 12.2. The van der Waals surface area contributed by atoms with E-state index < -0.39 is 0 Å². The fourth-order valence-corrected chi connectivity index (χ4v) is 2.90. The third-order valence-corrected chi connectivity index (χ3v) is 4.07. The number of hydrogen-bond donors (Lipinski definition) is 1. The normalized spacial score (nSPS) is 10.8. The van der Waals surface area contributed by atoms with Gasteiger partial charge in [-0.1, -0.05) is 18.2 Å². The predicted octanol–water partition coefficient (Wildman–Crippen LogP) is 3.78. The number of ether oxygens (including phenoxy) is 1. The first-order valence-corrected chi connectivity index (χ1v) is 8.25. The first-order valence-electron chi connectivity index (χ1n) is 8.25. The molecule has 0 aliphatic rings. The molecule has 0 radical (unpaired) electrons. The Morgan fingerprint density at radius 2 is 1.88 bits per heavy atom. The lowest BCUT2D eigenvalue weighted by molar-refractivity contribution is 0.0952. The molecule has 0 unspecified atom stereocenters. The summed E-state index contributed by atoms with van der Waals surface area (Å²) in [6.45, 7) is 5.99. The number of hydrogen-bond acceptors (Lipinski definition) is 2. The molecule has 4 heteroatoms. The number of carbonyl (C=O) groups is 1. The lowest BCUT2D eigenvalue weighted by Gasteiger charge is -2.10. The van der Waals surface area contributed by atoms with E-state index in [4.69, 9.17) is 4.74 Å². The van der Waals surface area contributed by atoms with Crippen LogP contribution >= 0.6 is 0 Å². The van der Waals surface area contributed by atoms with Crippen LogP contribution in [0.5, 0.6) is 5.75 Å². The first kappa shape index (κ1) is 16.1. The Balaban J connectivity index is 1.61. The van der Waals surface area contributed by atoms with E-state index in [9.17, 15) is 4.79 Å². The maximum Gasteiger partial charge on any atom is 0.251 e. The van der Waals surface area contributed by atoms with Gasteiger partial charge in [-0.15, -0.1) is 0 Å². The van der Waals surface area contributed by atoms with Crippen molar-refractivity contribution in [3.05, 3.63) is 65.9 Å². The van der Waals surface area contributed by atoms with Crippen LogP contribution in [0.3, 0.4) is 0 Å². The lowest BCUT2D eigenvalue weighted by atomic mass is 10.2. The fourth-order valence-electron chi connectivity index (χ4n) is 2.90. The zero-order valence-electron chi connectivity index (χ0n) is 14.1. The van der Waals surface area contributed by atoms with Crippen molar-refractivity contribution in [3.63, 3.8) is 0 Å². The number of fused-ring (bicyclic) bond motifs is 1. The van der Waals surface area contributed by atoms with Gasteiger partial charge in [-0.3, -0.25) is 4.79 Å². The molecule has 3 aromatic rings. The summed E-state index contributed by atoms with van der Waals surface area (Å²) in [7, 11) is 0. The number of nitrogens with one attached hydrogen (secondary N) is 1. The molecule has 1 N–H and O–H groups in total. The molecule has 24 heavy (non-hydrogen) atoms. The summed E-state index contributed by atoms with van der Waals surface area (Å²) in [4.78, 5) is 12.2. The van der Waals surface area contributed by atoms with E-state index in [0.29, 0.717) is 18.7 Å². The Morgan fingerprint density at radius 3 is 2.62 bits per heavy atom. The molecular formula is C20H22N2O2. The smallest absolute Gasteiger partial charge is 0.251 e. The topological polar surface area (TPSA) is 43.3 Å². The van der Waals surface area contributed by atoms with Crippen molar-refractivity contribution in [3.8, 4) is 5.75 Å². The monoisotopic (exact) mass is 322 g/mol. The van der Waals surface area contributed by atoms with Crippen LogP contribution in [-0.2, 0) is 6.54 Å². The van der Waals surface area contributed by atoms with Gasteiger partial charge in [-0.05, 0) is 55.6 Å². The molecule has 0 fully saturated rings. The molecule has 0 spiro atoms. The average molecular weight is 322 g/mol. The van der Waals surface area contributed by atoms with Gasteiger partial charge in [0.2, 0.25) is 0 Å². The first-order chi connectivity index (χ1) is 11.7. The molecule has 0 bridgehead atoms. The Hall–Kier alpha value is -2.75. The van der Waals surface area contributed by atoms with E-state index in [1.165, 1.54) is 16.6 Å². The molecule has 4 nitrogen and oxygen atoms in total. The largest absolute Gasteiger partial charge is 0.494 e. The van der Waals surface area contributed by atoms with Crippen molar-refractivity contribution < 1.29 is 9.53 Å². The zero-order valence-corrected chi connectivity index (χ0v) is 14.1. The van der Waals surface area contributed by atoms with Gasteiger partial charge in [0.25, 0.3) is 5.91 Å². The SMILES string of the molecule is CCOc1ccc(C(=O)NCCn2c(C)cc3ccccc32)cc1. The Labute approximate surface area is 142 Å². The van der Waals surface area contributed by atoms with Crippen LogP contribution in [0.2, 0.25) is 0 Å². The molecule has 0 saturated heterocycles. The lowest BCUT2D eigenvalue weighted by Crippen LogP contribution is -2.27. The summed E-state index contributed by atoms with van der Waals surface area (Å²) in [5, 5.41) is 4.21. The number of rotatable bonds is 6. The number of aromatic nitrogens is 1. The third kappa shape index (κ3) is 3.43. The second-order valence-electron chi connectivity index (χ2n) is 5.71. The van der Waals surface area contributed by atoms with Crippen molar-refractivity contribution >= 4 is 16.8 Å². The summed E-state index contributed by atoms with van der Waals surface area (Å²) < 4.78 is 7.62. The molecule has 124 valence electrons. The maximum absolute atomic E-state index is 12.2. The van der Waals surface area contributed by atoms with Crippen LogP contribution in [0.25, 0.3) is 10.9 Å². The van der Waals surface area contributed by atoms with E-state index in [0.717, 1.165) is 12.3 Å². The van der Waals surface area contributed by atoms with E-state index in [1.54, 1.807) is 12.1 Å². The molecule has 3 rings (SSSR count). The van der Waals surface area contributed by atoms with Gasteiger partial charge in [0.15, 0.2) is 0 Å². The minimum Gasteiger partial charge on any atom is -0.494 e. The number of aryl methyl sites for hydroxylation is 1. The van der Waals surface area contributed by atoms with E-state index >= 15 is 0 Å². The van der Waals surface area contributed by atoms with Crippen molar-refractivity contribution in [2.45, 2.75) is 20.4 Å².